The fourth-order valence-electron chi connectivity index (χ4n) is 3.97. The normalized spacial score (nSPS) is 27.8. The Hall–Kier alpha value is -1.95. The molecule has 1 amide bonds. The summed E-state index contributed by atoms with van der Waals surface area (Å²) in [6.45, 7) is 4.90. The highest BCUT2D eigenvalue weighted by atomic mass is 32.1. The molecule has 1 aromatic heterocycles. The number of nitrogens with zero attached hydrogens (tertiary/aromatic N) is 2. The van der Waals surface area contributed by atoms with E-state index in [0.717, 1.165) is 10.2 Å². The largest absolute Gasteiger partial charge is 0.467 e. The van der Waals surface area contributed by atoms with Crippen molar-refractivity contribution in [2.24, 2.45) is 17.3 Å². The Labute approximate surface area is 138 Å². The van der Waals surface area contributed by atoms with E-state index in [-0.39, 0.29) is 23.2 Å². The van der Waals surface area contributed by atoms with Gasteiger partial charge in [-0.2, -0.15) is 0 Å². The highest BCUT2D eigenvalue weighted by molar-refractivity contribution is 7.20. The van der Waals surface area contributed by atoms with Crippen LogP contribution in [0.2, 0.25) is 0 Å². The van der Waals surface area contributed by atoms with Gasteiger partial charge < -0.3 is 9.64 Å². The van der Waals surface area contributed by atoms with Crippen LogP contribution >= 0.6 is 11.3 Å². The molecule has 1 saturated carbocycles. The molecule has 1 aliphatic carbocycles. The van der Waals surface area contributed by atoms with Gasteiger partial charge in [0.05, 0.1) is 17.3 Å². The van der Waals surface area contributed by atoms with Crippen molar-refractivity contribution in [1.82, 2.24) is 9.88 Å². The van der Waals surface area contributed by atoms with Gasteiger partial charge in [-0.3, -0.25) is 4.79 Å². The van der Waals surface area contributed by atoms with Crippen LogP contribution < -0.4 is 0 Å². The topological polar surface area (TPSA) is 59.5 Å². The van der Waals surface area contributed by atoms with E-state index in [4.69, 9.17) is 4.74 Å². The van der Waals surface area contributed by atoms with Crippen LogP contribution in [0.25, 0.3) is 10.2 Å². The number of rotatable bonds is 2. The van der Waals surface area contributed by atoms with Gasteiger partial charge in [0.15, 0.2) is 5.01 Å². The molecular weight excluding hydrogens is 312 g/mol. The molecule has 1 aromatic carbocycles. The van der Waals surface area contributed by atoms with Crippen molar-refractivity contribution in [1.29, 1.82) is 0 Å². The first-order valence-corrected chi connectivity index (χ1v) is 8.51. The highest BCUT2D eigenvalue weighted by Gasteiger charge is 2.69. The number of ether oxygens (including phenoxy) is 1. The third-order valence-corrected chi connectivity index (χ3v) is 6.41. The zero-order valence-electron chi connectivity index (χ0n) is 13.3. The van der Waals surface area contributed by atoms with Crippen LogP contribution in [0.4, 0.5) is 0 Å². The molecule has 2 aliphatic rings. The monoisotopic (exact) mass is 330 g/mol. The fourth-order valence-corrected chi connectivity index (χ4v) is 4.89. The number of methoxy groups -OCH3 is 1. The second kappa shape index (κ2) is 4.77. The number of amides is 1. The predicted octanol–water partition coefficient (Wildman–Crippen LogP) is 2.57. The Morgan fingerprint density at radius 1 is 1.35 bits per heavy atom. The summed E-state index contributed by atoms with van der Waals surface area (Å²) in [5, 5.41) is 0.444. The molecule has 0 N–H and O–H groups in total. The first kappa shape index (κ1) is 14.6. The van der Waals surface area contributed by atoms with Crippen molar-refractivity contribution >= 4 is 33.4 Å². The van der Waals surface area contributed by atoms with E-state index in [1.807, 2.05) is 24.3 Å². The number of aromatic nitrogens is 1. The maximum absolute atomic E-state index is 12.9. The van der Waals surface area contributed by atoms with Crippen molar-refractivity contribution in [2.45, 2.75) is 19.9 Å². The summed E-state index contributed by atoms with van der Waals surface area (Å²) in [6.07, 6.45) is 0. The summed E-state index contributed by atoms with van der Waals surface area (Å²) in [5.41, 5.74) is 0.920. The Kier molecular flexibility index (Phi) is 3.04. The number of fused-ring (bicyclic) bond motifs is 2. The van der Waals surface area contributed by atoms with E-state index in [1.54, 1.807) is 4.90 Å². The van der Waals surface area contributed by atoms with E-state index in [0.29, 0.717) is 17.5 Å². The van der Waals surface area contributed by atoms with Crippen molar-refractivity contribution in [3.05, 3.63) is 29.3 Å². The summed E-state index contributed by atoms with van der Waals surface area (Å²) in [7, 11) is 1.38. The Bertz CT molecular complexity index is 780. The standard InChI is InChI=1S/C17H18N2O3S/c1-17(2)9-8-19(13(12(9)17)16(21)22-3)15(20)14-18-10-6-4-5-7-11(10)23-14/h4-7,9,12-13H,8H2,1-3H3/t9-,12-,13-/m0/s1. The van der Waals surface area contributed by atoms with Crippen LogP contribution in [0.15, 0.2) is 24.3 Å². The molecule has 0 spiro atoms. The Morgan fingerprint density at radius 3 is 2.78 bits per heavy atom. The molecule has 2 fully saturated rings. The molecule has 2 aromatic rings. The Balaban J connectivity index is 1.66. The van der Waals surface area contributed by atoms with E-state index in [1.165, 1.54) is 18.4 Å². The average Bonchev–Trinajstić information content (AvgIpc) is 2.97. The minimum atomic E-state index is -0.487. The summed E-state index contributed by atoms with van der Waals surface area (Å²) < 4.78 is 5.93. The number of hydrogen-bond donors (Lipinski definition) is 0. The quantitative estimate of drug-likeness (QED) is 0.794. The molecule has 23 heavy (non-hydrogen) atoms. The molecule has 5 nitrogen and oxygen atoms in total. The summed E-state index contributed by atoms with van der Waals surface area (Å²) in [4.78, 5) is 31.2. The lowest BCUT2D eigenvalue weighted by molar-refractivity contribution is -0.146. The van der Waals surface area contributed by atoms with Crippen molar-refractivity contribution in [2.75, 3.05) is 13.7 Å². The van der Waals surface area contributed by atoms with Crippen LogP contribution in [0.3, 0.4) is 0 Å². The third-order valence-electron chi connectivity index (χ3n) is 5.39. The maximum atomic E-state index is 12.9. The molecule has 0 radical (unpaired) electrons. The number of esters is 1. The Morgan fingerprint density at radius 2 is 2.09 bits per heavy atom. The van der Waals surface area contributed by atoms with Gasteiger partial charge in [0, 0.05) is 12.5 Å². The summed E-state index contributed by atoms with van der Waals surface area (Å²) in [5.74, 6) is 0.0698. The third kappa shape index (κ3) is 2.01. The second-order valence-electron chi connectivity index (χ2n) is 6.87. The van der Waals surface area contributed by atoms with Gasteiger partial charge in [-0.05, 0) is 23.5 Å². The molecule has 3 atom stereocenters. The molecule has 2 heterocycles. The van der Waals surface area contributed by atoms with Gasteiger partial charge in [0.1, 0.15) is 6.04 Å². The average molecular weight is 330 g/mol. The highest BCUT2D eigenvalue weighted by Crippen LogP contribution is 2.65. The van der Waals surface area contributed by atoms with E-state index in [9.17, 15) is 9.59 Å². The molecule has 0 unspecified atom stereocenters. The molecule has 4 rings (SSSR count). The second-order valence-corrected chi connectivity index (χ2v) is 7.90. The van der Waals surface area contributed by atoms with Gasteiger partial charge in [-0.25, -0.2) is 9.78 Å². The smallest absolute Gasteiger partial charge is 0.328 e. The molecule has 1 aliphatic heterocycles. The van der Waals surface area contributed by atoms with E-state index >= 15 is 0 Å². The zero-order valence-corrected chi connectivity index (χ0v) is 14.1. The van der Waals surface area contributed by atoms with Gasteiger partial charge in [-0.15, -0.1) is 11.3 Å². The van der Waals surface area contributed by atoms with Gasteiger partial charge >= 0.3 is 5.97 Å². The number of thiazole rings is 1. The fraction of sp³-hybridized carbons (Fsp3) is 0.471. The van der Waals surface area contributed by atoms with Gasteiger partial charge in [0.25, 0.3) is 5.91 Å². The number of carbonyl (C=O) groups is 2. The molecule has 120 valence electrons. The lowest BCUT2D eigenvalue weighted by atomic mass is 10.0. The van der Waals surface area contributed by atoms with Crippen LogP contribution in [0.5, 0.6) is 0 Å². The molecular formula is C17H18N2O3S. The molecule has 1 saturated heterocycles. The maximum Gasteiger partial charge on any atom is 0.328 e. The minimum Gasteiger partial charge on any atom is -0.467 e. The minimum absolute atomic E-state index is 0.100. The number of benzene rings is 1. The van der Waals surface area contributed by atoms with Crippen LogP contribution in [-0.2, 0) is 9.53 Å². The van der Waals surface area contributed by atoms with E-state index in [2.05, 4.69) is 18.8 Å². The number of likely N-dealkylation sites (tertiary alicyclic amines) is 1. The molecule has 0 bridgehead atoms. The SMILES string of the molecule is COC(=O)[C@@H]1[C@@H]2[C@H](CN1C(=O)c1nc3ccccc3s1)C2(C)C. The first-order chi connectivity index (χ1) is 10.9. The van der Waals surface area contributed by atoms with Crippen LogP contribution in [0, 0.1) is 17.3 Å². The number of para-hydroxylation sites is 1. The molecule has 6 heteroatoms. The summed E-state index contributed by atoms with van der Waals surface area (Å²) in [6, 6.07) is 7.19. The van der Waals surface area contributed by atoms with Crippen LogP contribution in [0.1, 0.15) is 23.6 Å². The number of piperidine rings is 1. The lowest BCUT2D eigenvalue weighted by Crippen LogP contribution is -2.45. The van der Waals surface area contributed by atoms with Crippen molar-refractivity contribution < 1.29 is 14.3 Å². The number of hydrogen-bond acceptors (Lipinski definition) is 5. The van der Waals surface area contributed by atoms with Crippen molar-refractivity contribution in [3.8, 4) is 0 Å². The van der Waals surface area contributed by atoms with Gasteiger partial charge in [-0.1, -0.05) is 26.0 Å². The number of carbonyl (C=O) groups excluding carboxylic acids is 2. The zero-order chi connectivity index (χ0) is 16.4. The summed E-state index contributed by atoms with van der Waals surface area (Å²) >= 11 is 1.38. The van der Waals surface area contributed by atoms with E-state index < -0.39 is 6.04 Å². The lowest BCUT2D eigenvalue weighted by Gasteiger charge is -2.28. The predicted molar refractivity (Wildman–Crippen MR) is 87.2 cm³/mol. The van der Waals surface area contributed by atoms with Crippen LogP contribution in [-0.4, -0.2) is 41.5 Å². The van der Waals surface area contributed by atoms with Gasteiger partial charge in [0.2, 0.25) is 0 Å². The van der Waals surface area contributed by atoms with Crippen molar-refractivity contribution in [3.63, 3.8) is 0 Å². The first-order valence-electron chi connectivity index (χ1n) is 7.69.